The zero-order valence-electron chi connectivity index (χ0n) is 11.9. The molecule has 6 nitrogen and oxygen atoms in total. The fourth-order valence-corrected chi connectivity index (χ4v) is 2.25. The molecule has 0 radical (unpaired) electrons. The van der Waals surface area contributed by atoms with Gasteiger partial charge in [0.05, 0.1) is 6.20 Å². The molecule has 6 heteroatoms. The normalized spacial score (nSPS) is 11.0. The van der Waals surface area contributed by atoms with E-state index >= 15 is 0 Å². The van der Waals surface area contributed by atoms with E-state index in [0.29, 0.717) is 23.6 Å². The summed E-state index contributed by atoms with van der Waals surface area (Å²) >= 11 is 0. The molecule has 3 rings (SSSR count). The van der Waals surface area contributed by atoms with Gasteiger partial charge in [-0.25, -0.2) is 0 Å². The van der Waals surface area contributed by atoms with Crippen LogP contribution in [-0.2, 0) is 13.6 Å². The number of furan rings is 1. The van der Waals surface area contributed by atoms with E-state index in [1.54, 1.807) is 47.1 Å². The van der Waals surface area contributed by atoms with E-state index < -0.39 is 0 Å². The van der Waals surface area contributed by atoms with Gasteiger partial charge in [-0.2, -0.15) is 5.10 Å². The van der Waals surface area contributed by atoms with Gasteiger partial charge < -0.3 is 15.1 Å². The van der Waals surface area contributed by atoms with Crippen molar-refractivity contribution in [2.75, 3.05) is 12.8 Å². The van der Waals surface area contributed by atoms with Crippen LogP contribution in [0.3, 0.4) is 0 Å². The van der Waals surface area contributed by atoms with E-state index in [9.17, 15) is 4.79 Å². The van der Waals surface area contributed by atoms with E-state index in [1.165, 1.54) is 0 Å². The maximum Gasteiger partial charge on any atom is 0.289 e. The molecule has 0 aliphatic carbocycles. The van der Waals surface area contributed by atoms with E-state index in [2.05, 4.69) is 5.10 Å². The highest BCUT2D eigenvalue weighted by Gasteiger charge is 2.17. The standard InChI is InChI=1S/C15H16N4O2/c1-18(8-10-7-17-19(2)9-10)15(20)14-6-11-5-12(16)3-4-13(11)21-14/h3-7,9H,8,16H2,1-2H3. The number of nitrogen functional groups attached to an aromatic ring is 1. The first-order valence-corrected chi connectivity index (χ1v) is 6.55. The molecule has 0 saturated heterocycles. The lowest BCUT2D eigenvalue weighted by Gasteiger charge is -2.14. The third kappa shape index (κ3) is 2.60. The zero-order chi connectivity index (χ0) is 15.0. The molecular weight excluding hydrogens is 268 g/mol. The average molecular weight is 284 g/mol. The minimum atomic E-state index is -0.173. The number of aromatic nitrogens is 2. The van der Waals surface area contributed by atoms with Crippen LogP contribution in [0.2, 0.25) is 0 Å². The summed E-state index contributed by atoms with van der Waals surface area (Å²) in [6.45, 7) is 0.478. The lowest BCUT2D eigenvalue weighted by Crippen LogP contribution is -2.25. The van der Waals surface area contributed by atoms with Crippen LogP contribution in [0, 0.1) is 0 Å². The second-order valence-electron chi connectivity index (χ2n) is 5.09. The molecule has 108 valence electrons. The number of nitrogens with two attached hydrogens (primary N) is 1. The van der Waals surface area contributed by atoms with Gasteiger partial charge in [-0.15, -0.1) is 0 Å². The van der Waals surface area contributed by atoms with E-state index in [1.807, 2.05) is 13.2 Å². The molecule has 0 saturated carbocycles. The summed E-state index contributed by atoms with van der Waals surface area (Å²) in [6.07, 6.45) is 3.62. The molecule has 2 heterocycles. The Hall–Kier alpha value is -2.76. The molecule has 2 N–H and O–H groups in total. The zero-order valence-corrected chi connectivity index (χ0v) is 11.9. The summed E-state index contributed by atoms with van der Waals surface area (Å²) in [6, 6.07) is 7.02. The third-order valence-electron chi connectivity index (χ3n) is 3.28. The molecule has 0 aliphatic rings. The predicted molar refractivity (Wildman–Crippen MR) is 79.6 cm³/mol. The first-order chi connectivity index (χ1) is 10.0. The molecule has 0 unspecified atom stereocenters. The van der Waals surface area contributed by atoms with E-state index in [0.717, 1.165) is 10.9 Å². The van der Waals surface area contributed by atoms with Crippen LogP contribution in [0.1, 0.15) is 16.1 Å². The van der Waals surface area contributed by atoms with Crippen LogP contribution >= 0.6 is 0 Å². The number of fused-ring (bicyclic) bond motifs is 1. The number of hydrogen-bond acceptors (Lipinski definition) is 4. The highest BCUT2D eigenvalue weighted by molar-refractivity contribution is 5.96. The number of carbonyl (C=O) groups is 1. The number of carbonyl (C=O) groups excluding carboxylic acids is 1. The minimum Gasteiger partial charge on any atom is -0.451 e. The second-order valence-corrected chi connectivity index (χ2v) is 5.09. The molecule has 21 heavy (non-hydrogen) atoms. The fraction of sp³-hybridized carbons (Fsp3) is 0.200. The van der Waals surface area contributed by atoms with Crippen molar-refractivity contribution >= 4 is 22.6 Å². The largest absolute Gasteiger partial charge is 0.451 e. The molecule has 0 bridgehead atoms. The summed E-state index contributed by atoms with van der Waals surface area (Å²) < 4.78 is 7.29. The minimum absolute atomic E-state index is 0.173. The smallest absolute Gasteiger partial charge is 0.289 e. The van der Waals surface area contributed by atoms with Gasteiger partial charge in [0, 0.05) is 43.5 Å². The van der Waals surface area contributed by atoms with Gasteiger partial charge in [-0.3, -0.25) is 9.48 Å². The molecule has 1 aromatic carbocycles. The summed E-state index contributed by atoms with van der Waals surface area (Å²) in [7, 11) is 3.58. The van der Waals surface area contributed by atoms with Crippen LogP contribution in [0.5, 0.6) is 0 Å². The van der Waals surface area contributed by atoms with Crippen molar-refractivity contribution in [3.63, 3.8) is 0 Å². The van der Waals surface area contributed by atoms with Gasteiger partial charge >= 0.3 is 0 Å². The predicted octanol–water partition coefficient (Wildman–Crippen LogP) is 2.02. The lowest BCUT2D eigenvalue weighted by atomic mass is 10.2. The van der Waals surface area contributed by atoms with Crippen LogP contribution in [0.4, 0.5) is 5.69 Å². The van der Waals surface area contributed by atoms with Crippen LogP contribution in [-0.4, -0.2) is 27.6 Å². The number of rotatable bonds is 3. The van der Waals surface area contributed by atoms with Crippen molar-refractivity contribution in [3.05, 3.63) is 48.0 Å². The number of anilines is 1. The summed E-state index contributed by atoms with van der Waals surface area (Å²) in [5.74, 6) is 0.135. The van der Waals surface area contributed by atoms with E-state index in [-0.39, 0.29) is 5.91 Å². The Balaban J connectivity index is 1.82. The van der Waals surface area contributed by atoms with Gasteiger partial charge in [-0.05, 0) is 24.3 Å². The van der Waals surface area contributed by atoms with Crippen molar-refractivity contribution in [2.45, 2.75) is 6.54 Å². The third-order valence-corrected chi connectivity index (χ3v) is 3.28. The number of hydrogen-bond donors (Lipinski definition) is 1. The number of aryl methyl sites for hydroxylation is 1. The topological polar surface area (TPSA) is 77.3 Å². The molecule has 0 spiro atoms. The van der Waals surface area contributed by atoms with Gasteiger partial charge in [0.15, 0.2) is 5.76 Å². The number of amides is 1. The Bertz CT molecular complexity index is 803. The monoisotopic (exact) mass is 284 g/mol. The first kappa shape index (κ1) is 13.2. The maximum atomic E-state index is 12.4. The maximum absolute atomic E-state index is 12.4. The Morgan fingerprint density at radius 1 is 1.43 bits per heavy atom. The molecule has 2 aromatic heterocycles. The number of benzene rings is 1. The fourth-order valence-electron chi connectivity index (χ4n) is 2.25. The van der Waals surface area contributed by atoms with Crippen LogP contribution in [0.15, 0.2) is 41.1 Å². The Labute approximate surface area is 121 Å². The first-order valence-electron chi connectivity index (χ1n) is 6.55. The van der Waals surface area contributed by atoms with Gasteiger partial charge in [0.1, 0.15) is 5.58 Å². The van der Waals surface area contributed by atoms with Crippen molar-refractivity contribution < 1.29 is 9.21 Å². The Morgan fingerprint density at radius 2 is 2.24 bits per heavy atom. The van der Waals surface area contributed by atoms with Crippen molar-refractivity contribution in [3.8, 4) is 0 Å². The van der Waals surface area contributed by atoms with Crippen molar-refractivity contribution in [2.24, 2.45) is 7.05 Å². The molecule has 3 aromatic rings. The van der Waals surface area contributed by atoms with Gasteiger partial charge in [0.2, 0.25) is 0 Å². The summed E-state index contributed by atoms with van der Waals surface area (Å²) in [5, 5.41) is 4.91. The molecule has 0 atom stereocenters. The van der Waals surface area contributed by atoms with Gasteiger partial charge in [0.25, 0.3) is 5.91 Å². The quantitative estimate of drug-likeness (QED) is 0.746. The highest BCUT2D eigenvalue weighted by Crippen LogP contribution is 2.22. The molecule has 1 amide bonds. The molecule has 0 fully saturated rings. The highest BCUT2D eigenvalue weighted by atomic mass is 16.3. The van der Waals surface area contributed by atoms with Crippen molar-refractivity contribution in [1.29, 1.82) is 0 Å². The van der Waals surface area contributed by atoms with Crippen molar-refractivity contribution in [1.82, 2.24) is 14.7 Å². The Kier molecular flexibility index (Phi) is 3.13. The number of nitrogens with zero attached hydrogens (tertiary/aromatic N) is 3. The summed E-state index contributed by atoms with van der Waals surface area (Å²) in [4.78, 5) is 14.0. The van der Waals surface area contributed by atoms with E-state index in [4.69, 9.17) is 10.2 Å². The molecule has 0 aliphatic heterocycles. The lowest BCUT2D eigenvalue weighted by molar-refractivity contribution is 0.0756. The molecular formula is C15H16N4O2. The van der Waals surface area contributed by atoms with Gasteiger partial charge in [-0.1, -0.05) is 0 Å². The average Bonchev–Trinajstić information content (AvgIpc) is 3.03. The Morgan fingerprint density at radius 3 is 2.95 bits per heavy atom. The SMILES string of the molecule is CN(Cc1cnn(C)c1)C(=O)c1cc2cc(N)ccc2o1. The van der Waals surface area contributed by atoms with Crippen LogP contribution < -0.4 is 5.73 Å². The summed E-state index contributed by atoms with van der Waals surface area (Å²) in [5.41, 5.74) is 7.99. The second kappa shape index (κ2) is 4.97. The van der Waals surface area contributed by atoms with Crippen LogP contribution in [0.25, 0.3) is 11.0 Å².